The molecule has 0 spiro atoms. The minimum Gasteiger partial charge on any atom is -0.508 e. The molecule has 0 radical (unpaired) electrons. The third-order valence-electron chi connectivity index (χ3n) is 4.57. The van der Waals surface area contributed by atoms with Crippen molar-refractivity contribution in [1.29, 1.82) is 0 Å². The Labute approximate surface area is 151 Å². The molecule has 1 aliphatic carbocycles. The van der Waals surface area contributed by atoms with E-state index in [0.717, 1.165) is 39.1 Å². The van der Waals surface area contributed by atoms with Gasteiger partial charge in [0.05, 0.1) is 5.52 Å². The van der Waals surface area contributed by atoms with Gasteiger partial charge in [-0.3, -0.25) is 4.98 Å². The van der Waals surface area contributed by atoms with Crippen molar-refractivity contribution < 1.29 is 5.11 Å². The first-order valence-electron chi connectivity index (χ1n) is 7.66. The maximum absolute atomic E-state index is 9.46. The Morgan fingerprint density at radius 1 is 1.04 bits per heavy atom. The van der Waals surface area contributed by atoms with Gasteiger partial charge in [0.15, 0.2) is 0 Å². The highest BCUT2D eigenvalue weighted by Crippen LogP contribution is 2.36. The molecule has 2 aromatic carbocycles. The van der Waals surface area contributed by atoms with E-state index in [0.29, 0.717) is 11.7 Å². The Kier molecular flexibility index (Phi) is 3.90. The zero-order valence-corrected chi connectivity index (χ0v) is 15.6. The maximum Gasteiger partial charge on any atom is 0.115 e. The van der Waals surface area contributed by atoms with Crippen LogP contribution in [0.15, 0.2) is 51.4 Å². The second-order valence-corrected chi connectivity index (χ2v) is 7.85. The Balaban J connectivity index is 1.74. The number of fused-ring (bicyclic) bond motifs is 2. The van der Waals surface area contributed by atoms with Crippen LogP contribution in [0.3, 0.4) is 0 Å². The van der Waals surface area contributed by atoms with E-state index in [2.05, 4.69) is 44.0 Å². The molecule has 0 bridgehead atoms. The van der Waals surface area contributed by atoms with Crippen molar-refractivity contribution in [3.8, 4) is 5.75 Å². The maximum atomic E-state index is 9.46. The minimum atomic E-state index is 0.326. The average molecular weight is 433 g/mol. The monoisotopic (exact) mass is 431 g/mol. The summed E-state index contributed by atoms with van der Waals surface area (Å²) in [5.74, 6) is 0.824. The molecule has 4 rings (SSSR count). The molecule has 0 saturated carbocycles. The number of aromatic hydroxyl groups is 1. The fraction of sp³-hybridized carbons (Fsp3) is 0.211. The molecule has 0 fully saturated rings. The van der Waals surface area contributed by atoms with Crippen LogP contribution in [0.1, 0.15) is 29.2 Å². The molecule has 0 saturated heterocycles. The summed E-state index contributed by atoms with van der Waals surface area (Å²) in [6.07, 6.45) is 3.11. The van der Waals surface area contributed by atoms with E-state index in [4.69, 9.17) is 4.98 Å². The molecule has 0 amide bonds. The second kappa shape index (κ2) is 5.91. The van der Waals surface area contributed by atoms with E-state index in [1.165, 1.54) is 16.8 Å². The van der Waals surface area contributed by atoms with Crippen molar-refractivity contribution >= 4 is 42.8 Å². The highest BCUT2D eigenvalue weighted by atomic mass is 79.9. The van der Waals surface area contributed by atoms with Crippen molar-refractivity contribution in [2.75, 3.05) is 0 Å². The Hall–Kier alpha value is -1.39. The van der Waals surface area contributed by atoms with E-state index in [-0.39, 0.29) is 0 Å². The highest BCUT2D eigenvalue weighted by Gasteiger charge is 2.22. The predicted molar refractivity (Wildman–Crippen MR) is 100 cm³/mol. The number of pyridine rings is 1. The summed E-state index contributed by atoms with van der Waals surface area (Å²) >= 11 is 7.17. The number of halogens is 2. The minimum absolute atomic E-state index is 0.326. The SMILES string of the molecule is Oc1ccc([C@H]2CCc3nc4c(Br)cc(Br)cc4cc3C2)cc1. The molecule has 1 aromatic heterocycles. The molecule has 116 valence electrons. The highest BCUT2D eigenvalue weighted by molar-refractivity contribution is 9.11. The van der Waals surface area contributed by atoms with Crippen LogP contribution in [-0.2, 0) is 12.8 Å². The lowest BCUT2D eigenvalue weighted by Gasteiger charge is -2.25. The fourth-order valence-electron chi connectivity index (χ4n) is 3.39. The zero-order valence-electron chi connectivity index (χ0n) is 12.4. The van der Waals surface area contributed by atoms with Crippen LogP contribution in [0.5, 0.6) is 5.75 Å². The fourth-order valence-corrected chi connectivity index (χ4v) is 4.74. The van der Waals surface area contributed by atoms with Gasteiger partial charge in [-0.15, -0.1) is 0 Å². The van der Waals surface area contributed by atoms with Gasteiger partial charge in [-0.05, 0) is 82.6 Å². The van der Waals surface area contributed by atoms with Gasteiger partial charge in [-0.1, -0.05) is 28.1 Å². The smallest absolute Gasteiger partial charge is 0.115 e. The first kappa shape index (κ1) is 15.2. The quantitative estimate of drug-likeness (QED) is 0.531. The first-order chi connectivity index (χ1) is 11.1. The van der Waals surface area contributed by atoms with Gasteiger partial charge < -0.3 is 5.11 Å². The van der Waals surface area contributed by atoms with Crippen LogP contribution >= 0.6 is 31.9 Å². The van der Waals surface area contributed by atoms with Crippen molar-refractivity contribution in [1.82, 2.24) is 4.98 Å². The van der Waals surface area contributed by atoms with Gasteiger partial charge in [0.25, 0.3) is 0 Å². The molecule has 1 aliphatic rings. The molecule has 2 nitrogen and oxygen atoms in total. The number of benzene rings is 2. The Morgan fingerprint density at radius 3 is 2.61 bits per heavy atom. The summed E-state index contributed by atoms with van der Waals surface area (Å²) in [5.41, 5.74) is 4.89. The molecule has 1 atom stereocenters. The van der Waals surface area contributed by atoms with E-state index >= 15 is 0 Å². The number of hydrogen-bond acceptors (Lipinski definition) is 2. The number of rotatable bonds is 1. The standard InChI is InChI=1S/C19H15Br2NO/c20-15-9-14-8-13-7-12(11-1-4-16(23)5-2-11)3-6-18(13)22-19(14)17(21)10-15/h1-2,4-5,8-10,12,23H,3,6-7H2/t12-/m0/s1. The van der Waals surface area contributed by atoms with Gasteiger partial charge in [-0.25, -0.2) is 0 Å². The Bertz CT molecular complexity index is 890. The van der Waals surface area contributed by atoms with Crippen molar-refractivity contribution in [3.05, 3.63) is 68.2 Å². The zero-order chi connectivity index (χ0) is 16.0. The molecule has 1 N–H and O–H groups in total. The van der Waals surface area contributed by atoms with Crippen LogP contribution in [0.2, 0.25) is 0 Å². The summed E-state index contributed by atoms with van der Waals surface area (Å²) in [7, 11) is 0. The Morgan fingerprint density at radius 2 is 1.83 bits per heavy atom. The van der Waals surface area contributed by atoms with Crippen LogP contribution in [-0.4, -0.2) is 10.1 Å². The molecule has 1 heterocycles. The normalized spacial score (nSPS) is 17.2. The van der Waals surface area contributed by atoms with Crippen LogP contribution in [0.25, 0.3) is 10.9 Å². The summed E-state index contributed by atoms with van der Waals surface area (Å²) in [5, 5.41) is 10.6. The lowest BCUT2D eigenvalue weighted by Crippen LogP contribution is -2.14. The van der Waals surface area contributed by atoms with Gasteiger partial charge in [0.1, 0.15) is 5.75 Å². The van der Waals surface area contributed by atoms with Crippen LogP contribution in [0, 0.1) is 0 Å². The molecule has 0 aliphatic heterocycles. The number of phenolic OH excluding ortho intramolecular Hbond substituents is 1. The topological polar surface area (TPSA) is 33.1 Å². The number of phenols is 1. The third kappa shape index (κ3) is 2.90. The largest absolute Gasteiger partial charge is 0.508 e. The number of aryl methyl sites for hydroxylation is 1. The molecular formula is C19H15Br2NO. The van der Waals surface area contributed by atoms with Crippen molar-refractivity contribution in [2.24, 2.45) is 0 Å². The van der Waals surface area contributed by atoms with Crippen LogP contribution < -0.4 is 0 Å². The molecule has 4 heteroatoms. The first-order valence-corrected chi connectivity index (χ1v) is 9.25. The molecular weight excluding hydrogens is 418 g/mol. The van der Waals surface area contributed by atoms with E-state index in [1.807, 2.05) is 18.2 Å². The lowest BCUT2D eigenvalue weighted by atomic mass is 9.82. The summed E-state index contributed by atoms with van der Waals surface area (Å²) < 4.78 is 2.09. The third-order valence-corrected chi connectivity index (χ3v) is 5.63. The van der Waals surface area contributed by atoms with E-state index in [1.54, 1.807) is 12.1 Å². The van der Waals surface area contributed by atoms with Crippen LogP contribution in [0.4, 0.5) is 0 Å². The van der Waals surface area contributed by atoms with Gasteiger partial charge in [0, 0.05) is 20.0 Å². The lowest BCUT2D eigenvalue weighted by molar-refractivity contribution is 0.474. The molecule has 0 unspecified atom stereocenters. The van der Waals surface area contributed by atoms with Gasteiger partial charge in [0.2, 0.25) is 0 Å². The molecule has 3 aromatic rings. The number of hydrogen-bond donors (Lipinski definition) is 1. The average Bonchev–Trinajstić information content (AvgIpc) is 2.53. The van der Waals surface area contributed by atoms with E-state index in [9.17, 15) is 5.11 Å². The summed E-state index contributed by atoms with van der Waals surface area (Å²) in [6, 6.07) is 14.1. The van der Waals surface area contributed by atoms with Crippen molar-refractivity contribution in [2.45, 2.75) is 25.2 Å². The molecule has 23 heavy (non-hydrogen) atoms. The van der Waals surface area contributed by atoms with Gasteiger partial charge >= 0.3 is 0 Å². The van der Waals surface area contributed by atoms with Gasteiger partial charge in [-0.2, -0.15) is 0 Å². The van der Waals surface area contributed by atoms with E-state index < -0.39 is 0 Å². The number of nitrogens with zero attached hydrogens (tertiary/aromatic N) is 1. The summed E-state index contributed by atoms with van der Waals surface area (Å²) in [4.78, 5) is 4.89. The second-order valence-electron chi connectivity index (χ2n) is 6.08. The predicted octanol–water partition coefficient (Wildman–Crippen LogP) is 5.74. The number of aromatic nitrogens is 1. The van der Waals surface area contributed by atoms with Crippen molar-refractivity contribution in [3.63, 3.8) is 0 Å². The summed E-state index contributed by atoms with van der Waals surface area (Å²) in [6.45, 7) is 0.